The molecule has 1 aromatic carbocycles. The van der Waals surface area contributed by atoms with Crippen LogP contribution < -0.4 is 11.1 Å². The molecule has 7 nitrogen and oxygen atoms in total. The van der Waals surface area contributed by atoms with Crippen LogP contribution in [0.3, 0.4) is 0 Å². The average molecular weight is 305 g/mol. The quantitative estimate of drug-likeness (QED) is 0.873. The first kappa shape index (κ1) is 14.6. The first-order valence-electron chi connectivity index (χ1n) is 6.98. The van der Waals surface area contributed by atoms with Crippen molar-refractivity contribution in [2.45, 2.75) is 25.0 Å². The summed E-state index contributed by atoms with van der Waals surface area (Å²) in [5, 5.41) is 6.52. The predicted octanol–water partition coefficient (Wildman–Crippen LogP) is 0.851. The van der Waals surface area contributed by atoms with Gasteiger partial charge in [-0.3, -0.25) is 4.79 Å². The molecule has 1 saturated heterocycles. The van der Waals surface area contributed by atoms with Gasteiger partial charge in [-0.05, 0) is 31.0 Å². The normalized spacial score (nSPS) is 21.0. The number of ether oxygens (including phenoxy) is 1. The third-order valence-corrected chi connectivity index (χ3v) is 3.54. The number of carbonyl (C=O) groups is 1. The third-order valence-electron chi connectivity index (χ3n) is 3.54. The topological polar surface area (TPSA) is 95.1 Å². The summed E-state index contributed by atoms with van der Waals surface area (Å²) in [6.07, 6.45) is 3.48. The van der Waals surface area contributed by atoms with E-state index in [0.717, 1.165) is 6.42 Å². The monoisotopic (exact) mass is 305 g/mol. The number of nitrogens with zero attached hydrogens (tertiary/aromatic N) is 3. The van der Waals surface area contributed by atoms with Crippen LogP contribution in [-0.2, 0) is 9.53 Å². The average Bonchev–Trinajstić information content (AvgIpc) is 3.19. The molecule has 2 aromatic rings. The van der Waals surface area contributed by atoms with E-state index in [1.807, 2.05) is 0 Å². The Morgan fingerprint density at radius 1 is 1.50 bits per heavy atom. The van der Waals surface area contributed by atoms with Gasteiger partial charge in [0, 0.05) is 12.2 Å². The lowest BCUT2D eigenvalue weighted by molar-refractivity contribution is -0.126. The number of benzene rings is 1. The Balaban J connectivity index is 1.68. The Morgan fingerprint density at radius 2 is 2.36 bits per heavy atom. The van der Waals surface area contributed by atoms with E-state index in [1.54, 1.807) is 6.07 Å². The van der Waals surface area contributed by atoms with Crippen LogP contribution in [0, 0.1) is 5.82 Å². The minimum Gasteiger partial charge on any atom is -0.364 e. The zero-order valence-corrected chi connectivity index (χ0v) is 11.8. The van der Waals surface area contributed by atoms with Crippen molar-refractivity contribution in [3.63, 3.8) is 0 Å². The molecule has 1 fully saturated rings. The van der Waals surface area contributed by atoms with Gasteiger partial charge in [-0.25, -0.2) is 14.1 Å². The number of nitrogens with two attached hydrogens (primary N) is 1. The van der Waals surface area contributed by atoms with Gasteiger partial charge in [0.1, 0.15) is 24.4 Å². The first-order chi connectivity index (χ1) is 10.7. The van der Waals surface area contributed by atoms with Gasteiger partial charge >= 0.3 is 0 Å². The Kier molecular flexibility index (Phi) is 4.12. The van der Waals surface area contributed by atoms with Crippen molar-refractivity contribution in [2.75, 3.05) is 11.9 Å². The highest BCUT2D eigenvalue weighted by atomic mass is 19.1. The van der Waals surface area contributed by atoms with Crippen molar-refractivity contribution in [3.05, 3.63) is 36.7 Å². The SMILES string of the molecule is NC[C@H]1CC[C@@H](C(=O)Nc2ccc(-n3cncn3)c(F)c2)O1. The van der Waals surface area contributed by atoms with Crippen molar-refractivity contribution < 1.29 is 13.9 Å². The first-order valence-corrected chi connectivity index (χ1v) is 6.98. The van der Waals surface area contributed by atoms with Gasteiger partial charge in [-0.15, -0.1) is 0 Å². The molecule has 0 spiro atoms. The molecule has 22 heavy (non-hydrogen) atoms. The van der Waals surface area contributed by atoms with Gasteiger partial charge < -0.3 is 15.8 Å². The van der Waals surface area contributed by atoms with Crippen LogP contribution >= 0.6 is 0 Å². The van der Waals surface area contributed by atoms with Gasteiger partial charge in [0.25, 0.3) is 5.91 Å². The minimum absolute atomic E-state index is 0.0813. The van der Waals surface area contributed by atoms with Crippen LogP contribution in [0.15, 0.2) is 30.9 Å². The highest BCUT2D eigenvalue weighted by Crippen LogP contribution is 2.22. The number of aromatic nitrogens is 3. The molecular weight excluding hydrogens is 289 g/mol. The molecule has 3 rings (SSSR count). The molecule has 1 aromatic heterocycles. The standard InChI is InChI=1S/C14H16FN5O2/c15-11-5-9(1-3-12(11)20-8-17-7-18-20)19-14(21)13-4-2-10(6-16)22-13/h1,3,5,7-8,10,13H,2,4,6,16H2,(H,19,21)/t10-,13+/m1/s1. The lowest BCUT2D eigenvalue weighted by atomic mass is 10.2. The summed E-state index contributed by atoms with van der Waals surface area (Å²) < 4.78 is 20.9. The summed E-state index contributed by atoms with van der Waals surface area (Å²) >= 11 is 0. The molecule has 1 aliphatic heterocycles. The van der Waals surface area contributed by atoms with Crippen molar-refractivity contribution >= 4 is 11.6 Å². The van der Waals surface area contributed by atoms with E-state index in [1.165, 1.54) is 29.5 Å². The molecule has 1 aliphatic rings. The van der Waals surface area contributed by atoms with Crippen LogP contribution in [0.25, 0.3) is 5.69 Å². The molecule has 116 valence electrons. The van der Waals surface area contributed by atoms with Gasteiger partial charge in [0.15, 0.2) is 5.82 Å². The molecule has 8 heteroatoms. The van der Waals surface area contributed by atoms with Crippen molar-refractivity contribution in [2.24, 2.45) is 5.73 Å². The second-order valence-electron chi connectivity index (χ2n) is 5.06. The maximum absolute atomic E-state index is 14.1. The summed E-state index contributed by atoms with van der Waals surface area (Å²) in [4.78, 5) is 15.8. The molecule has 0 radical (unpaired) electrons. The molecule has 0 aliphatic carbocycles. The van der Waals surface area contributed by atoms with E-state index in [0.29, 0.717) is 18.7 Å². The number of nitrogens with one attached hydrogen (secondary N) is 1. The van der Waals surface area contributed by atoms with E-state index >= 15 is 0 Å². The van der Waals surface area contributed by atoms with Gasteiger partial charge in [0.2, 0.25) is 0 Å². The number of carbonyl (C=O) groups excluding carboxylic acids is 1. The summed E-state index contributed by atoms with van der Waals surface area (Å²) in [5.41, 5.74) is 6.14. The van der Waals surface area contributed by atoms with E-state index in [9.17, 15) is 9.18 Å². The molecule has 0 bridgehead atoms. The summed E-state index contributed by atoms with van der Waals surface area (Å²) in [7, 11) is 0. The Morgan fingerprint density at radius 3 is 3.00 bits per heavy atom. The Bertz CT molecular complexity index is 661. The molecule has 2 heterocycles. The predicted molar refractivity (Wildman–Crippen MR) is 76.9 cm³/mol. The lowest BCUT2D eigenvalue weighted by Gasteiger charge is -2.13. The highest BCUT2D eigenvalue weighted by molar-refractivity contribution is 5.94. The summed E-state index contributed by atoms with van der Waals surface area (Å²) in [6, 6.07) is 4.37. The zero-order valence-electron chi connectivity index (χ0n) is 11.8. The smallest absolute Gasteiger partial charge is 0.253 e. The van der Waals surface area contributed by atoms with Crippen molar-refractivity contribution in [1.82, 2.24) is 14.8 Å². The largest absolute Gasteiger partial charge is 0.364 e. The second-order valence-corrected chi connectivity index (χ2v) is 5.06. The number of halogens is 1. The fraction of sp³-hybridized carbons (Fsp3) is 0.357. The van der Waals surface area contributed by atoms with Crippen LogP contribution in [0.4, 0.5) is 10.1 Å². The molecule has 3 N–H and O–H groups in total. The zero-order chi connectivity index (χ0) is 15.5. The maximum Gasteiger partial charge on any atom is 0.253 e. The number of amides is 1. The van der Waals surface area contributed by atoms with Crippen LogP contribution in [0.2, 0.25) is 0 Å². The van der Waals surface area contributed by atoms with E-state index in [-0.39, 0.29) is 17.7 Å². The van der Waals surface area contributed by atoms with E-state index < -0.39 is 11.9 Å². The number of hydrogen-bond donors (Lipinski definition) is 2. The number of rotatable bonds is 4. The van der Waals surface area contributed by atoms with Gasteiger partial charge in [-0.2, -0.15) is 5.10 Å². The second kappa shape index (κ2) is 6.20. The Labute approximate surface area is 126 Å². The minimum atomic E-state index is -0.536. The fourth-order valence-corrected chi connectivity index (χ4v) is 2.40. The fourth-order valence-electron chi connectivity index (χ4n) is 2.40. The van der Waals surface area contributed by atoms with Crippen LogP contribution in [0.5, 0.6) is 0 Å². The number of hydrogen-bond acceptors (Lipinski definition) is 5. The molecule has 0 unspecified atom stereocenters. The van der Waals surface area contributed by atoms with E-state index in [4.69, 9.17) is 10.5 Å². The van der Waals surface area contributed by atoms with E-state index in [2.05, 4.69) is 15.4 Å². The maximum atomic E-state index is 14.1. The molecule has 1 amide bonds. The summed E-state index contributed by atoms with van der Waals surface area (Å²) in [6.45, 7) is 0.394. The van der Waals surface area contributed by atoms with Gasteiger partial charge in [0.05, 0.1) is 6.10 Å². The third kappa shape index (κ3) is 2.97. The van der Waals surface area contributed by atoms with Gasteiger partial charge in [-0.1, -0.05) is 0 Å². The highest BCUT2D eigenvalue weighted by Gasteiger charge is 2.29. The van der Waals surface area contributed by atoms with Crippen molar-refractivity contribution in [1.29, 1.82) is 0 Å². The molecule has 2 atom stereocenters. The van der Waals surface area contributed by atoms with Crippen LogP contribution in [0.1, 0.15) is 12.8 Å². The van der Waals surface area contributed by atoms with Crippen LogP contribution in [-0.4, -0.2) is 39.4 Å². The molecular formula is C14H16FN5O2. The number of anilines is 1. The Hall–Kier alpha value is -2.32. The lowest BCUT2D eigenvalue weighted by Crippen LogP contribution is -2.29. The molecule has 0 saturated carbocycles. The van der Waals surface area contributed by atoms with Crippen molar-refractivity contribution in [3.8, 4) is 5.69 Å². The summed E-state index contributed by atoms with van der Waals surface area (Å²) in [5.74, 6) is -0.792.